The van der Waals surface area contributed by atoms with Crippen LogP contribution in [0.25, 0.3) is 66.3 Å². The Hall–Kier alpha value is -15.8. The molecule has 0 bridgehead atoms. The fraction of sp³-hybridized carbons (Fsp3) is 0.135. The number of para-hydroxylation sites is 3. The van der Waals surface area contributed by atoms with Gasteiger partial charge in [0.05, 0.1) is 65.9 Å². The molecule has 0 saturated carbocycles. The third kappa shape index (κ3) is 18.4. The maximum Gasteiger partial charge on any atom is 0.413 e. The van der Waals surface area contributed by atoms with Gasteiger partial charge in [-0.15, -0.1) is 21.7 Å². The van der Waals surface area contributed by atoms with Crippen LogP contribution in [-0.4, -0.2) is 112 Å². The van der Waals surface area contributed by atoms with Gasteiger partial charge in [0.15, 0.2) is 34.4 Å². The van der Waals surface area contributed by atoms with Crippen LogP contribution in [0, 0.1) is 24.2 Å². The number of nitrogens with one attached hydrogen (secondary N) is 3. The fourth-order valence-electron chi connectivity index (χ4n) is 13.0. The van der Waals surface area contributed by atoms with E-state index in [1.54, 1.807) is 233 Å². The Balaban J connectivity index is 0.000000144. The summed E-state index contributed by atoms with van der Waals surface area (Å²) in [5.41, 5.74) is 21.6. The fourth-order valence-corrected chi connectivity index (χ4v) is 13.5. The molecule has 6 aromatic carbocycles. The molecule has 17 rings (SSSR count). The number of fused-ring (bicyclic) bond motifs is 6. The molecule has 0 fully saturated rings. The highest BCUT2D eigenvalue weighted by Gasteiger charge is 2.29. The number of nitrogens with zero attached hydrogens (tertiary/aromatic N) is 16. The minimum atomic E-state index is -1.77. The average Bonchev–Trinajstić information content (AvgIpc) is 1.59. The lowest BCUT2D eigenvalue weighted by Crippen LogP contribution is -2.32. The lowest BCUT2D eigenvalue weighted by atomic mass is 10.0. The van der Waals surface area contributed by atoms with E-state index in [1.807, 2.05) is 37.4 Å². The van der Waals surface area contributed by atoms with Crippen LogP contribution in [0.4, 0.5) is 22.2 Å². The average molecular weight is 1670 g/mol. The van der Waals surface area contributed by atoms with Crippen LogP contribution in [0.1, 0.15) is 129 Å². The van der Waals surface area contributed by atoms with E-state index in [0.717, 1.165) is 5.56 Å². The number of hydrogen-bond donors (Lipinski definition) is 7. The molecule has 0 aliphatic carbocycles. The molecule has 31 nitrogen and oxygen atoms in total. The number of ether oxygens (including phenoxy) is 1. The SMILES string of the molecule is C#Cc1cnn(C)c1.CC(C)(C)OC(=O)Nc1nn2cccnc2c1C(=O)O.[2H][C@@](C)(N)c1cc2cccc(Cl)c2c(=O)n1-c1ccccc1.[2H][C@@](C)(NC(=O)c1c(N)nn2cccnc12)c1cc2cccc(C#Cc3cnn(C)c3)c2c(=O)n1-c1ccccc1.[2H][C@@](C)(NC(=O)c1c(N)nn2cccnc12)c1cc2cccc(Cl)c2c(=O)n1-c1ccccc1. The Morgan fingerprint density at radius 2 is 0.918 bits per heavy atom. The zero-order chi connectivity index (χ0) is 89.6. The van der Waals surface area contributed by atoms with Gasteiger partial charge in [0.1, 0.15) is 22.3 Å². The van der Waals surface area contributed by atoms with Crippen molar-refractivity contribution in [1.82, 2.24) is 87.7 Å². The van der Waals surface area contributed by atoms with E-state index >= 15 is 0 Å². The van der Waals surface area contributed by atoms with E-state index in [0.29, 0.717) is 76.2 Å². The van der Waals surface area contributed by atoms with E-state index in [2.05, 4.69) is 74.2 Å². The van der Waals surface area contributed by atoms with Crippen LogP contribution in [0.3, 0.4) is 0 Å². The molecule has 0 aliphatic heterocycles. The number of terminal acetylenes is 1. The lowest BCUT2D eigenvalue weighted by molar-refractivity contribution is 0.0634. The molecule has 0 radical (unpaired) electrons. The van der Waals surface area contributed by atoms with Crippen molar-refractivity contribution >= 4 is 114 Å². The lowest BCUT2D eigenvalue weighted by Gasteiger charge is -2.21. The second-order valence-corrected chi connectivity index (χ2v) is 28.9. The number of halogens is 2. The highest BCUT2D eigenvalue weighted by Crippen LogP contribution is 2.31. The summed E-state index contributed by atoms with van der Waals surface area (Å²) in [6.07, 6.45) is 20.4. The number of aromatic carboxylic acids is 1. The molecule has 0 spiro atoms. The number of pyridine rings is 3. The first-order chi connectivity index (χ1) is 59.5. The van der Waals surface area contributed by atoms with Gasteiger partial charge in [-0.25, -0.2) is 38.1 Å². The largest absolute Gasteiger partial charge is 0.477 e. The summed E-state index contributed by atoms with van der Waals surface area (Å²) in [5.74, 6) is 5.98. The van der Waals surface area contributed by atoms with E-state index in [9.17, 15) is 40.0 Å². The quantitative estimate of drug-likeness (QED) is 0.0559. The molecular weight excluding hydrogens is 1590 g/mol. The predicted octanol–water partition coefficient (Wildman–Crippen LogP) is 12.8. The zero-order valence-corrected chi connectivity index (χ0v) is 68.0. The number of carbonyl (C=O) groups is 4. The van der Waals surface area contributed by atoms with Crippen LogP contribution in [0.2, 0.25) is 10.0 Å². The molecule has 612 valence electrons. The normalized spacial score (nSPS) is 12.9. The van der Waals surface area contributed by atoms with Gasteiger partial charge < -0.3 is 37.7 Å². The first-order valence-corrected chi connectivity index (χ1v) is 38.0. The Bertz CT molecular complexity index is 7340. The standard InChI is InChI=1S/C30H24N8O2.C24H19ClN6O2.C17H15ClN2O.C12H14N4O4.C6H6N2/c1-19(34-29(39)26-27(31)35-37-15-7-14-32-28(26)37)24-16-22-9-6-8-21(13-12-20-17-33-36(2)18-20)25(22)30(40)38(24)23-10-4-3-5-11-23;1-14(28-23(32)20-21(26)29-30-12-6-11-27-22(20)30)18-13-15-7-5-10-17(25)19(15)24(33)31(18)16-8-3-2-4-9-16;1-11(19)15-10-12-6-5-9-14(18)16(12)17(21)20(15)13-7-3-2-4-8-13;1-12(2,3)20-11(19)14-8-7(10(17)18)9-13-5-4-6-16(9)15-8;1-3-6-4-7-8(2)5-6/h3-11,14-19H,1-2H3,(H2,31,35)(H,34,39);2-14H,1H3,(H2,26,29)(H,28,32);2-11H,19H2,1H3;4-6H,1-3H3,(H,17,18)(H,14,15,19);1,4-5H,2H3/t19-;14-;11-;;/m000../s1/i19D;14D;11D;;. The molecule has 11 aromatic heterocycles. The monoisotopic (exact) mass is 1670 g/mol. The maximum absolute atomic E-state index is 14.2. The summed E-state index contributed by atoms with van der Waals surface area (Å²) in [6.45, 7) is 9.66. The molecule has 0 unspecified atom stereocenters. The van der Waals surface area contributed by atoms with Crippen molar-refractivity contribution in [3.8, 4) is 41.2 Å². The number of carboxylic acid groups (broad SMARTS) is 1. The van der Waals surface area contributed by atoms with Crippen LogP contribution < -0.4 is 49.8 Å². The Morgan fingerprint density at radius 3 is 1.32 bits per heavy atom. The molecule has 3 atom stereocenters. The summed E-state index contributed by atoms with van der Waals surface area (Å²) in [5, 5.41) is 40.9. The Morgan fingerprint density at radius 1 is 0.525 bits per heavy atom. The topological polar surface area (TPSA) is 404 Å². The first-order valence-electron chi connectivity index (χ1n) is 38.7. The van der Waals surface area contributed by atoms with Crippen LogP contribution in [0.5, 0.6) is 0 Å². The molecular formula is C89H78Cl2N22O9. The molecule has 33 heteroatoms. The van der Waals surface area contributed by atoms with Crippen LogP contribution >= 0.6 is 23.2 Å². The smallest absolute Gasteiger partial charge is 0.413 e. The highest BCUT2D eigenvalue weighted by atomic mass is 35.5. The van der Waals surface area contributed by atoms with Crippen molar-refractivity contribution < 1.29 is 33.1 Å². The number of amides is 3. The molecule has 0 aliphatic rings. The number of hydrogen-bond acceptors (Lipinski definition) is 19. The molecule has 10 N–H and O–H groups in total. The predicted molar refractivity (Wildman–Crippen MR) is 468 cm³/mol. The van der Waals surface area contributed by atoms with Gasteiger partial charge >= 0.3 is 12.1 Å². The number of carboxylic acids is 1. The first kappa shape index (κ1) is 80.0. The maximum atomic E-state index is 14.2. The number of nitrogen functional groups attached to an aromatic ring is 2. The number of benzene rings is 6. The number of anilines is 3. The second kappa shape index (κ2) is 36.4. The molecule has 11 heterocycles. The third-order valence-electron chi connectivity index (χ3n) is 18.3. The van der Waals surface area contributed by atoms with Crippen molar-refractivity contribution in [2.75, 3.05) is 16.8 Å². The van der Waals surface area contributed by atoms with E-state index < -0.39 is 53.1 Å². The number of rotatable bonds is 12. The summed E-state index contributed by atoms with van der Waals surface area (Å²) in [6, 6.07) is 47.9. The van der Waals surface area contributed by atoms with E-state index in [4.69, 9.17) is 54.3 Å². The molecule has 0 saturated heterocycles. The number of aromatic nitrogens is 16. The summed E-state index contributed by atoms with van der Waals surface area (Å²) in [7, 11) is 3.64. The van der Waals surface area contributed by atoms with Gasteiger partial charge in [0.2, 0.25) is 0 Å². The van der Waals surface area contributed by atoms with Gasteiger partial charge in [-0.05, 0) is 149 Å². The minimum absolute atomic E-state index is 0.0160. The van der Waals surface area contributed by atoms with E-state index in [1.165, 1.54) is 65.9 Å². The minimum Gasteiger partial charge on any atom is -0.477 e. The van der Waals surface area contributed by atoms with Gasteiger partial charge in [-0.2, -0.15) is 10.2 Å². The van der Waals surface area contributed by atoms with Gasteiger partial charge in [-0.3, -0.25) is 52.4 Å². The summed E-state index contributed by atoms with van der Waals surface area (Å²) in [4.78, 5) is 103. The molecule has 122 heavy (non-hydrogen) atoms. The van der Waals surface area contributed by atoms with Crippen molar-refractivity contribution in [3.05, 3.63) is 336 Å². The van der Waals surface area contributed by atoms with Crippen molar-refractivity contribution in [2.24, 2.45) is 19.8 Å². The molecule has 3 amide bonds. The summed E-state index contributed by atoms with van der Waals surface area (Å²) < 4.78 is 43.3. The summed E-state index contributed by atoms with van der Waals surface area (Å²) >= 11 is 12.5. The van der Waals surface area contributed by atoms with Crippen LogP contribution in [-0.2, 0) is 18.8 Å². The number of nitrogens with two attached hydrogens (primary N) is 3. The van der Waals surface area contributed by atoms with Crippen molar-refractivity contribution in [2.45, 2.75) is 65.2 Å². The molecule has 17 aromatic rings. The third-order valence-corrected chi connectivity index (χ3v) is 18.9. The van der Waals surface area contributed by atoms with E-state index in [-0.39, 0.29) is 73.6 Å². The van der Waals surface area contributed by atoms with Crippen LogP contribution in [0.15, 0.2) is 258 Å². The van der Waals surface area contributed by atoms with Crippen molar-refractivity contribution in [1.29, 1.82) is 0 Å². The number of aryl methyl sites for hydroxylation is 2. The Labute approximate surface area is 709 Å². The van der Waals surface area contributed by atoms with Crippen molar-refractivity contribution in [3.63, 3.8) is 0 Å². The second-order valence-electron chi connectivity index (χ2n) is 28.1. The Kier molecular flexibility index (Phi) is 23.8. The zero-order valence-electron chi connectivity index (χ0n) is 69.5. The van der Waals surface area contributed by atoms with Gasteiger partial charge in [0.25, 0.3) is 28.5 Å². The van der Waals surface area contributed by atoms with Gasteiger partial charge in [-0.1, -0.05) is 132 Å². The van der Waals surface area contributed by atoms with Gasteiger partial charge in [0, 0.05) is 109 Å². The highest BCUT2D eigenvalue weighted by molar-refractivity contribution is 6.36. The number of carbonyl (C=O) groups excluding carboxylic acids is 3.